The lowest BCUT2D eigenvalue weighted by Crippen LogP contribution is -2.26. The molecule has 0 aliphatic carbocycles. The standard InChI is InChI=1S/C11H24OSi/c1-10(2,3)8-9(13(7)12)11(4,5)6/h9H,8H2,1-7H3. The highest BCUT2D eigenvalue weighted by atomic mass is 28.3. The molecule has 0 N–H and O–H groups in total. The van der Waals surface area contributed by atoms with Crippen LogP contribution in [-0.2, 0) is 4.46 Å². The van der Waals surface area contributed by atoms with Crippen molar-refractivity contribution in [3.05, 3.63) is 0 Å². The van der Waals surface area contributed by atoms with Crippen molar-refractivity contribution >= 4 is 8.68 Å². The molecule has 0 aliphatic rings. The lowest BCUT2D eigenvalue weighted by atomic mass is 9.80. The molecular weight excluding hydrogens is 176 g/mol. The minimum Gasteiger partial charge on any atom is -0.388 e. The van der Waals surface area contributed by atoms with Crippen molar-refractivity contribution in [2.24, 2.45) is 10.8 Å². The molecule has 0 bridgehead atoms. The zero-order valence-corrected chi connectivity index (χ0v) is 11.2. The van der Waals surface area contributed by atoms with E-state index < -0.39 is 8.68 Å². The maximum Gasteiger partial charge on any atom is 0.277 e. The molecule has 1 atom stereocenters. The predicted octanol–water partition coefficient (Wildman–Crippen LogP) is 3.89. The summed E-state index contributed by atoms with van der Waals surface area (Å²) in [5, 5.41) is 0. The van der Waals surface area contributed by atoms with Crippen LogP contribution >= 0.6 is 0 Å². The maximum absolute atomic E-state index is 11.7. The quantitative estimate of drug-likeness (QED) is 0.618. The first kappa shape index (κ1) is 13.0. The number of hydrogen-bond donors (Lipinski definition) is 0. The minimum absolute atomic E-state index is 0.179. The van der Waals surface area contributed by atoms with Crippen molar-refractivity contribution in [3.63, 3.8) is 0 Å². The van der Waals surface area contributed by atoms with Gasteiger partial charge in [0.05, 0.1) is 0 Å². The third-order valence-corrected chi connectivity index (χ3v) is 4.40. The lowest BCUT2D eigenvalue weighted by molar-refractivity contribution is 0.265. The molecule has 0 aliphatic heterocycles. The molecule has 0 aromatic carbocycles. The van der Waals surface area contributed by atoms with Crippen LogP contribution in [0, 0.1) is 10.8 Å². The second kappa shape index (κ2) is 4.03. The first-order chi connectivity index (χ1) is 5.54. The second-order valence-electron chi connectivity index (χ2n) is 6.29. The Bertz CT molecular complexity index is 183. The molecule has 2 heteroatoms. The molecule has 0 saturated carbocycles. The van der Waals surface area contributed by atoms with Crippen LogP contribution in [0.3, 0.4) is 0 Å². The molecule has 0 radical (unpaired) electrons. The fourth-order valence-corrected chi connectivity index (χ4v) is 3.79. The van der Waals surface area contributed by atoms with Gasteiger partial charge in [-0.2, -0.15) is 0 Å². The molecule has 0 rings (SSSR count). The van der Waals surface area contributed by atoms with Gasteiger partial charge in [-0.15, -0.1) is 0 Å². The first-order valence-electron chi connectivity index (χ1n) is 5.04. The largest absolute Gasteiger partial charge is 0.388 e. The van der Waals surface area contributed by atoms with Crippen molar-refractivity contribution in [2.75, 3.05) is 0 Å². The average molecular weight is 200 g/mol. The highest BCUT2D eigenvalue weighted by Crippen LogP contribution is 2.40. The molecule has 0 aromatic rings. The van der Waals surface area contributed by atoms with Gasteiger partial charge in [-0.05, 0) is 23.8 Å². The summed E-state index contributed by atoms with van der Waals surface area (Å²) in [7, 11) is -1.41. The summed E-state index contributed by atoms with van der Waals surface area (Å²) < 4.78 is 11.7. The third kappa shape index (κ3) is 5.35. The molecule has 0 heterocycles. The summed E-state index contributed by atoms with van der Waals surface area (Å²) in [6, 6.07) is 0. The van der Waals surface area contributed by atoms with Crippen LogP contribution in [0.4, 0.5) is 0 Å². The minimum atomic E-state index is -1.41. The highest BCUT2D eigenvalue weighted by Gasteiger charge is 2.33. The van der Waals surface area contributed by atoms with Gasteiger partial charge in [0.25, 0.3) is 8.68 Å². The molecule has 0 aromatic heterocycles. The topological polar surface area (TPSA) is 17.1 Å². The summed E-state index contributed by atoms with van der Waals surface area (Å²) in [5.74, 6) is 0. The van der Waals surface area contributed by atoms with Gasteiger partial charge in [0.1, 0.15) is 0 Å². The van der Waals surface area contributed by atoms with Gasteiger partial charge in [-0.1, -0.05) is 41.5 Å². The van der Waals surface area contributed by atoms with Crippen LogP contribution in [0.1, 0.15) is 48.0 Å². The van der Waals surface area contributed by atoms with E-state index in [4.69, 9.17) is 0 Å². The molecule has 0 spiro atoms. The van der Waals surface area contributed by atoms with Crippen LogP contribution in [-0.4, -0.2) is 8.68 Å². The summed E-state index contributed by atoms with van der Waals surface area (Å²) in [6.45, 7) is 15.1. The van der Waals surface area contributed by atoms with Gasteiger partial charge in [0.2, 0.25) is 0 Å². The van der Waals surface area contributed by atoms with Crippen LogP contribution in [0.2, 0.25) is 12.1 Å². The fraction of sp³-hybridized carbons (Fsp3) is 1.00. The molecule has 1 unspecified atom stereocenters. The van der Waals surface area contributed by atoms with E-state index in [9.17, 15) is 4.46 Å². The maximum atomic E-state index is 11.7. The Morgan fingerprint density at radius 1 is 1.08 bits per heavy atom. The van der Waals surface area contributed by atoms with E-state index in [-0.39, 0.29) is 10.8 Å². The summed E-state index contributed by atoms with van der Waals surface area (Å²) in [6.07, 6.45) is 1.06. The van der Waals surface area contributed by atoms with E-state index in [0.717, 1.165) is 6.42 Å². The van der Waals surface area contributed by atoms with E-state index >= 15 is 0 Å². The normalized spacial score (nSPS) is 15.6. The van der Waals surface area contributed by atoms with Crippen LogP contribution in [0.25, 0.3) is 0 Å². The van der Waals surface area contributed by atoms with E-state index in [0.29, 0.717) is 5.54 Å². The Hall–Kier alpha value is 0.0169. The van der Waals surface area contributed by atoms with Crippen LogP contribution in [0.15, 0.2) is 0 Å². The zero-order chi connectivity index (χ0) is 10.9. The van der Waals surface area contributed by atoms with E-state index in [1.807, 2.05) is 6.55 Å². The highest BCUT2D eigenvalue weighted by molar-refractivity contribution is 6.43. The predicted molar refractivity (Wildman–Crippen MR) is 59.6 cm³/mol. The summed E-state index contributed by atoms with van der Waals surface area (Å²) in [4.78, 5) is 0. The first-order valence-corrected chi connectivity index (χ1v) is 7.03. The van der Waals surface area contributed by atoms with E-state index in [2.05, 4.69) is 41.5 Å². The van der Waals surface area contributed by atoms with Crippen LogP contribution in [0.5, 0.6) is 0 Å². The van der Waals surface area contributed by atoms with Gasteiger partial charge in [-0.3, -0.25) is 0 Å². The van der Waals surface area contributed by atoms with E-state index in [1.54, 1.807) is 0 Å². The number of hydrogen-bond acceptors (Lipinski definition) is 1. The zero-order valence-electron chi connectivity index (χ0n) is 10.2. The Labute approximate surface area is 84.6 Å². The van der Waals surface area contributed by atoms with Crippen LogP contribution < -0.4 is 0 Å². The monoisotopic (exact) mass is 200 g/mol. The van der Waals surface area contributed by atoms with Crippen molar-refractivity contribution < 1.29 is 4.46 Å². The molecule has 0 fully saturated rings. The van der Waals surface area contributed by atoms with Gasteiger partial charge in [-0.25, -0.2) is 0 Å². The van der Waals surface area contributed by atoms with Gasteiger partial charge < -0.3 is 4.46 Å². The molecule has 13 heavy (non-hydrogen) atoms. The molecule has 0 amide bonds. The molecular formula is C11H24OSi. The molecule has 0 saturated heterocycles. The summed E-state index contributed by atoms with van der Waals surface area (Å²) in [5.41, 5.74) is 0.837. The molecule has 78 valence electrons. The summed E-state index contributed by atoms with van der Waals surface area (Å²) >= 11 is 0. The average Bonchev–Trinajstić information content (AvgIpc) is 1.77. The Balaban J connectivity index is 4.56. The fourth-order valence-electron chi connectivity index (χ4n) is 1.67. The van der Waals surface area contributed by atoms with Crippen molar-refractivity contribution in [3.8, 4) is 0 Å². The molecule has 1 nitrogen and oxygen atoms in total. The van der Waals surface area contributed by atoms with Gasteiger partial charge in [0.15, 0.2) is 0 Å². The lowest BCUT2D eigenvalue weighted by Gasteiger charge is -2.33. The number of rotatable bonds is 2. The smallest absolute Gasteiger partial charge is 0.277 e. The van der Waals surface area contributed by atoms with E-state index in [1.165, 1.54) is 0 Å². The Kier molecular flexibility index (Phi) is 4.04. The third-order valence-electron chi connectivity index (χ3n) is 2.35. The van der Waals surface area contributed by atoms with Crippen molar-refractivity contribution in [2.45, 2.75) is 60.1 Å². The Morgan fingerprint density at radius 3 is 1.54 bits per heavy atom. The Morgan fingerprint density at radius 2 is 1.46 bits per heavy atom. The van der Waals surface area contributed by atoms with Crippen molar-refractivity contribution in [1.82, 2.24) is 0 Å². The van der Waals surface area contributed by atoms with Gasteiger partial charge >= 0.3 is 0 Å². The van der Waals surface area contributed by atoms with Crippen molar-refractivity contribution in [1.29, 1.82) is 0 Å². The second-order valence-corrected chi connectivity index (χ2v) is 8.21. The SMILES string of the molecule is C[Si](=O)C(CC(C)(C)C)C(C)(C)C. The van der Waals surface area contributed by atoms with Gasteiger partial charge in [0, 0.05) is 5.54 Å².